The second-order valence-electron chi connectivity index (χ2n) is 10.9. The van der Waals surface area contributed by atoms with Crippen LogP contribution in [0.4, 0.5) is 0 Å². The van der Waals surface area contributed by atoms with Gasteiger partial charge in [-0.3, -0.25) is 0 Å². The monoisotopic (exact) mass is 724 g/mol. The Morgan fingerprint density at radius 2 is 0.553 bits per heavy atom. The molecule has 2 radical (unpaired) electrons. The fourth-order valence-corrected chi connectivity index (χ4v) is 10.1. The third-order valence-corrected chi connectivity index (χ3v) is 12.6. The summed E-state index contributed by atoms with van der Waals surface area (Å²) in [5, 5.41) is 12.8. The Balaban J connectivity index is 0.000000161. The van der Waals surface area contributed by atoms with Gasteiger partial charge in [0.2, 0.25) is 0 Å². The van der Waals surface area contributed by atoms with Crippen LogP contribution in [0.15, 0.2) is 194 Å². The first kappa shape index (κ1) is 32.7. The summed E-state index contributed by atoms with van der Waals surface area (Å²) in [6, 6.07) is 76.1. The van der Waals surface area contributed by atoms with Gasteiger partial charge in [0, 0.05) is 19.5 Å². The van der Waals surface area contributed by atoms with Crippen LogP contribution in [-0.2, 0) is 19.5 Å². The van der Waals surface area contributed by atoms with Gasteiger partial charge in [-0.2, -0.15) is 0 Å². The smallest absolute Gasteiger partial charge is 0 e. The van der Waals surface area contributed by atoms with Crippen molar-refractivity contribution in [2.45, 2.75) is 0 Å². The molecule has 0 aliphatic rings. The first-order valence-corrected chi connectivity index (χ1v) is 18.1. The minimum absolute atomic E-state index is 0. The summed E-state index contributed by atoms with van der Waals surface area (Å²) >= 11 is 0. The van der Waals surface area contributed by atoms with Crippen LogP contribution in [-0.4, -0.2) is 0 Å². The molecule has 0 unspecified atom stereocenters. The molecule has 0 saturated carbocycles. The van der Waals surface area contributed by atoms with Crippen LogP contribution in [0.25, 0.3) is 21.5 Å². The van der Waals surface area contributed by atoms with Gasteiger partial charge in [-0.15, -0.1) is 0 Å². The van der Waals surface area contributed by atoms with E-state index in [4.69, 9.17) is 0 Å². The third-order valence-electron chi connectivity index (χ3n) is 7.83. The first-order chi connectivity index (χ1) is 22.8. The molecule has 8 rings (SSSR count). The average molecular weight is 724 g/mol. The van der Waals surface area contributed by atoms with Crippen molar-refractivity contribution < 1.29 is 19.5 Å². The van der Waals surface area contributed by atoms with Gasteiger partial charge in [0.15, 0.2) is 0 Å². The Morgan fingerprint density at radius 1 is 0.277 bits per heavy atom. The van der Waals surface area contributed by atoms with Crippen LogP contribution in [0.1, 0.15) is 0 Å². The molecule has 0 N–H and O–H groups in total. The molecule has 3 heteroatoms. The van der Waals surface area contributed by atoms with Crippen molar-refractivity contribution in [2.24, 2.45) is 0 Å². The average Bonchev–Trinajstić information content (AvgIpc) is 3.14. The summed E-state index contributed by atoms with van der Waals surface area (Å²) in [5.41, 5.74) is 0. The number of hydrogen-bond acceptors (Lipinski definition) is 0. The molecule has 0 amide bonds. The fourth-order valence-electron chi connectivity index (χ4n) is 5.63. The summed E-state index contributed by atoms with van der Waals surface area (Å²) in [6.45, 7) is 0. The van der Waals surface area contributed by atoms with Gasteiger partial charge in [-0.05, 0) is 81.3 Å². The van der Waals surface area contributed by atoms with E-state index in [1.54, 1.807) is 0 Å². The van der Waals surface area contributed by atoms with Crippen molar-refractivity contribution in [2.75, 3.05) is 0 Å². The Kier molecular flexibility index (Phi) is 11.2. The molecule has 0 bridgehead atoms. The Hall–Kier alpha value is -4.24. The molecular weight excluding hydrogens is 692 g/mol. The standard InChI is InChI=1S/2C22H16P.Ru/c2*1-3-11-20(12-4-1)23(21-13-5-2-6-14-21)22-16-15-18-9-7-8-10-19(18)17-22;/h2*1-16H;. The zero-order valence-corrected chi connectivity index (χ0v) is 29.3. The zero-order valence-electron chi connectivity index (χ0n) is 25.7. The van der Waals surface area contributed by atoms with E-state index in [1.807, 2.05) is 0 Å². The molecule has 0 atom stereocenters. The van der Waals surface area contributed by atoms with E-state index in [0.717, 1.165) is 0 Å². The van der Waals surface area contributed by atoms with Gasteiger partial charge in [-0.25, -0.2) is 0 Å². The van der Waals surface area contributed by atoms with Crippen LogP contribution >= 0.6 is 15.8 Å². The quantitative estimate of drug-likeness (QED) is 0.119. The maximum Gasteiger partial charge on any atom is 0 e. The van der Waals surface area contributed by atoms with Crippen LogP contribution in [0, 0.1) is 12.1 Å². The van der Waals surface area contributed by atoms with E-state index in [2.05, 4.69) is 206 Å². The van der Waals surface area contributed by atoms with E-state index in [0.29, 0.717) is 0 Å². The molecule has 0 fully saturated rings. The van der Waals surface area contributed by atoms with Gasteiger partial charge in [0.1, 0.15) is 0 Å². The molecule has 0 heterocycles. The van der Waals surface area contributed by atoms with Crippen molar-refractivity contribution >= 4 is 69.2 Å². The van der Waals surface area contributed by atoms with E-state index >= 15 is 0 Å². The molecule has 0 aliphatic heterocycles. The van der Waals surface area contributed by atoms with Crippen LogP contribution in [0.5, 0.6) is 0 Å². The number of hydrogen-bond donors (Lipinski definition) is 0. The molecular formula is C44H32P2Ru. The molecule has 0 aliphatic carbocycles. The zero-order chi connectivity index (χ0) is 31.0. The van der Waals surface area contributed by atoms with Crippen molar-refractivity contribution in [3.05, 3.63) is 206 Å². The summed E-state index contributed by atoms with van der Waals surface area (Å²) < 4.78 is 0. The molecule has 226 valence electrons. The van der Waals surface area contributed by atoms with Gasteiger partial charge in [-0.1, -0.05) is 194 Å². The molecule has 0 spiro atoms. The van der Waals surface area contributed by atoms with Gasteiger partial charge < -0.3 is 0 Å². The fraction of sp³-hybridized carbons (Fsp3) is 0. The minimum atomic E-state index is -0.575. The Bertz CT molecular complexity index is 1910. The van der Waals surface area contributed by atoms with E-state index in [1.165, 1.54) is 53.4 Å². The first-order valence-electron chi connectivity index (χ1n) is 15.5. The predicted octanol–water partition coefficient (Wildman–Crippen LogP) is 8.79. The molecule has 47 heavy (non-hydrogen) atoms. The minimum Gasteiger partial charge on any atom is -0.0622 e. The van der Waals surface area contributed by atoms with Gasteiger partial charge >= 0.3 is 0 Å². The summed E-state index contributed by atoms with van der Waals surface area (Å²) in [7, 11) is -1.15. The van der Waals surface area contributed by atoms with Crippen molar-refractivity contribution in [1.29, 1.82) is 0 Å². The predicted molar refractivity (Wildman–Crippen MR) is 203 cm³/mol. The van der Waals surface area contributed by atoms with Crippen molar-refractivity contribution in [3.63, 3.8) is 0 Å². The molecule has 8 aromatic rings. The van der Waals surface area contributed by atoms with Crippen LogP contribution in [0.3, 0.4) is 0 Å². The maximum absolute atomic E-state index is 3.65. The summed E-state index contributed by atoms with van der Waals surface area (Å²) in [4.78, 5) is 0. The second kappa shape index (κ2) is 16.0. The van der Waals surface area contributed by atoms with Gasteiger partial charge in [0.25, 0.3) is 0 Å². The SMILES string of the molecule is [Ru].[c]1c(P(c2ccccc2)c2ccccc2)ccc2ccccc12.[c]1c(P(c2ccccc2)c2ccccc2)ccc2ccccc12. The Labute approximate surface area is 293 Å². The molecule has 0 saturated heterocycles. The summed E-state index contributed by atoms with van der Waals surface area (Å²) in [6.07, 6.45) is 0. The molecule has 0 aromatic heterocycles. The third kappa shape index (κ3) is 7.84. The Morgan fingerprint density at radius 3 is 0.872 bits per heavy atom. The van der Waals surface area contributed by atoms with Crippen molar-refractivity contribution in [3.8, 4) is 0 Å². The normalized spacial score (nSPS) is 10.8. The molecule has 8 aromatic carbocycles. The van der Waals surface area contributed by atoms with Crippen molar-refractivity contribution in [1.82, 2.24) is 0 Å². The van der Waals surface area contributed by atoms with E-state index < -0.39 is 15.8 Å². The largest absolute Gasteiger partial charge is 0.0622 e. The maximum atomic E-state index is 3.65. The van der Waals surface area contributed by atoms with E-state index in [-0.39, 0.29) is 19.5 Å². The number of rotatable bonds is 6. The second-order valence-corrected chi connectivity index (χ2v) is 15.2. The number of benzene rings is 8. The van der Waals surface area contributed by atoms with Crippen LogP contribution < -0.4 is 31.8 Å². The van der Waals surface area contributed by atoms with E-state index in [9.17, 15) is 0 Å². The van der Waals surface area contributed by atoms with Crippen LogP contribution in [0.2, 0.25) is 0 Å². The number of fused-ring (bicyclic) bond motifs is 2. The topological polar surface area (TPSA) is 0 Å². The van der Waals surface area contributed by atoms with Gasteiger partial charge in [0.05, 0.1) is 0 Å². The summed E-state index contributed by atoms with van der Waals surface area (Å²) in [5.74, 6) is 0. The molecule has 0 nitrogen and oxygen atoms in total.